The first-order chi connectivity index (χ1) is 6.81. The van der Waals surface area contributed by atoms with Gasteiger partial charge in [-0.2, -0.15) is 11.8 Å². The molecule has 1 saturated heterocycles. The van der Waals surface area contributed by atoms with Crippen LogP contribution in [-0.4, -0.2) is 42.0 Å². The van der Waals surface area contributed by atoms with E-state index in [0.29, 0.717) is 0 Å². The SMILES string of the molecule is CCSC1CCCN(C(=NC)NN)C1. The lowest BCUT2D eigenvalue weighted by atomic mass is 10.1. The number of rotatable bonds is 2. The number of piperidine rings is 1. The Morgan fingerprint density at radius 3 is 3.07 bits per heavy atom. The van der Waals surface area contributed by atoms with Gasteiger partial charge in [-0.1, -0.05) is 6.92 Å². The van der Waals surface area contributed by atoms with Gasteiger partial charge in [-0.05, 0) is 18.6 Å². The van der Waals surface area contributed by atoms with Crippen LogP contribution in [0.15, 0.2) is 4.99 Å². The summed E-state index contributed by atoms with van der Waals surface area (Å²) in [5.74, 6) is 7.40. The number of hydrogen-bond acceptors (Lipinski definition) is 3. The second-order valence-corrected chi connectivity index (χ2v) is 4.93. The number of hydrazine groups is 1. The van der Waals surface area contributed by atoms with Crippen molar-refractivity contribution in [1.82, 2.24) is 10.3 Å². The number of guanidine groups is 1. The third kappa shape index (κ3) is 3.06. The van der Waals surface area contributed by atoms with E-state index in [1.807, 2.05) is 11.8 Å². The van der Waals surface area contributed by atoms with Crippen molar-refractivity contribution in [3.8, 4) is 0 Å². The summed E-state index contributed by atoms with van der Waals surface area (Å²) in [6.45, 7) is 4.34. The summed E-state index contributed by atoms with van der Waals surface area (Å²) in [5.41, 5.74) is 2.65. The Bertz CT molecular complexity index is 193. The zero-order chi connectivity index (χ0) is 10.4. The van der Waals surface area contributed by atoms with E-state index in [4.69, 9.17) is 5.84 Å². The van der Waals surface area contributed by atoms with Crippen LogP contribution in [0.3, 0.4) is 0 Å². The monoisotopic (exact) mass is 216 g/mol. The zero-order valence-electron chi connectivity index (χ0n) is 8.99. The molecule has 0 spiro atoms. The molecule has 0 saturated carbocycles. The summed E-state index contributed by atoms with van der Waals surface area (Å²) < 4.78 is 0. The Morgan fingerprint density at radius 2 is 2.50 bits per heavy atom. The highest BCUT2D eigenvalue weighted by molar-refractivity contribution is 7.99. The van der Waals surface area contributed by atoms with Gasteiger partial charge in [0.1, 0.15) is 0 Å². The van der Waals surface area contributed by atoms with Crippen LogP contribution in [0.4, 0.5) is 0 Å². The molecule has 0 aromatic heterocycles. The second-order valence-electron chi connectivity index (χ2n) is 3.36. The smallest absolute Gasteiger partial charge is 0.208 e. The Kier molecular flexibility index (Phi) is 5.11. The number of nitrogens with zero attached hydrogens (tertiary/aromatic N) is 2. The van der Waals surface area contributed by atoms with E-state index in [-0.39, 0.29) is 0 Å². The van der Waals surface area contributed by atoms with Gasteiger partial charge in [-0.15, -0.1) is 0 Å². The fourth-order valence-electron chi connectivity index (χ4n) is 1.80. The van der Waals surface area contributed by atoms with E-state index in [1.165, 1.54) is 18.6 Å². The minimum Gasteiger partial charge on any atom is -0.341 e. The molecule has 4 nitrogen and oxygen atoms in total. The van der Waals surface area contributed by atoms with Crippen molar-refractivity contribution in [3.05, 3.63) is 0 Å². The molecule has 0 bridgehead atoms. The maximum absolute atomic E-state index is 5.40. The molecule has 1 unspecified atom stereocenters. The third-order valence-electron chi connectivity index (χ3n) is 2.42. The Morgan fingerprint density at radius 1 is 1.71 bits per heavy atom. The molecule has 0 radical (unpaired) electrons. The van der Waals surface area contributed by atoms with Crippen molar-refractivity contribution in [2.24, 2.45) is 10.8 Å². The molecule has 1 rings (SSSR count). The van der Waals surface area contributed by atoms with Gasteiger partial charge in [0.25, 0.3) is 0 Å². The average molecular weight is 216 g/mol. The number of hydrogen-bond donors (Lipinski definition) is 2. The van der Waals surface area contributed by atoms with Crippen LogP contribution in [0.5, 0.6) is 0 Å². The zero-order valence-corrected chi connectivity index (χ0v) is 9.81. The van der Waals surface area contributed by atoms with Crippen molar-refractivity contribution >= 4 is 17.7 Å². The van der Waals surface area contributed by atoms with Crippen molar-refractivity contribution < 1.29 is 0 Å². The van der Waals surface area contributed by atoms with E-state index in [9.17, 15) is 0 Å². The lowest BCUT2D eigenvalue weighted by molar-refractivity contribution is 0.339. The van der Waals surface area contributed by atoms with Crippen LogP contribution in [-0.2, 0) is 0 Å². The fraction of sp³-hybridized carbons (Fsp3) is 0.889. The minimum absolute atomic E-state index is 0.735. The van der Waals surface area contributed by atoms with Gasteiger partial charge in [-0.3, -0.25) is 10.4 Å². The van der Waals surface area contributed by atoms with Crippen LogP contribution >= 0.6 is 11.8 Å². The molecule has 1 aliphatic rings. The Hall–Kier alpha value is -0.420. The van der Waals surface area contributed by atoms with E-state index < -0.39 is 0 Å². The highest BCUT2D eigenvalue weighted by Gasteiger charge is 2.21. The third-order valence-corrected chi connectivity index (χ3v) is 3.61. The van der Waals surface area contributed by atoms with Gasteiger partial charge >= 0.3 is 0 Å². The van der Waals surface area contributed by atoms with Gasteiger partial charge in [-0.25, -0.2) is 5.84 Å². The number of nitrogens with two attached hydrogens (primary N) is 1. The quantitative estimate of drug-likeness (QED) is 0.308. The lowest BCUT2D eigenvalue weighted by Crippen LogP contribution is -2.49. The standard InChI is InChI=1S/C9H20N4S/c1-3-14-8-5-4-6-13(7-8)9(11-2)12-10/h8H,3-7,10H2,1-2H3,(H,11,12). The molecule has 1 atom stereocenters. The second kappa shape index (κ2) is 6.14. The topological polar surface area (TPSA) is 53.6 Å². The molecule has 1 fully saturated rings. The molecule has 5 heteroatoms. The predicted octanol–water partition coefficient (Wildman–Crippen LogP) is 0.653. The minimum atomic E-state index is 0.735. The van der Waals surface area contributed by atoms with Crippen LogP contribution in [0.25, 0.3) is 0 Å². The van der Waals surface area contributed by atoms with Gasteiger partial charge in [0.05, 0.1) is 0 Å². The first-order valence-corrected chi connectivity index (χ1v) is 6.16. The molecular formula is C9H20N4S. The van der Waals surface area contributed by atoms with Gasteiger partial charge in [0, 0.05) is 25.4 Å². The Labute approximate surface area is 90.3 Å². The summed E-state index contributed by atoms with van der Waals surface area (Å²) >= 11 is 2.03. The number of nitrogens with one attached hydrogen (secondary N) is 1. The lowest BCUT2D eigenvalue weighted by Gasteiger charge is -2.33. The summed E-state index contributed by atoms with van der Waals surface area (Å²) in [5, 5.41) is 0.735. The summed E-state index contributed by atoms with van der Waals surface area (Å²) in [6.07, 6.45) is 2.55. The van der Waals surface area contributed by atoms with Crippen molar-refractivity contribution in [2.75, 3.05) is 25.9 Å². The van der Waals surface area contributed by atoms with Crippen LogP contribution in [0, 0.1) is 0 Å². The molecule has 0 amide bonds. The molecule has 82 valence electrons. The van der Waals surface area contributed by atoms with Crippen LogP contribution < -0.4 is 11.3 Å². The van der Waals surface area contributed by atoms with Crippen LogP contribution in [0.2, 0.25) is 0 Å². The summed E-state index contributed by atoms with van der Waals surface area (Å²) in [7, 11) is 1.77. The van der Waals surface area contributed by atoms with Crippen molar-refractivity contribution in [2.45, 2.75) is 25.0 Å². The highest BCUT2D eigenvalue weighted by Crippen LogP contribution is 2.21. The van der Waals surface area contributed by atoms with Gasteiger partial charge in [0.15, 0.2) is 0 Å². The molecule has 1 aliphatic heterocycles. The predicted molar refractivity (Wildman–Crippen MR) is 63.4 cm³/mol. The maximum atomic E-state index is 5.40. The molecule has 3 N–H and O–H groups in total. The largest absolute Gasteiger partial charge is 0.341 e. The molecule has 0 aromatic rings. The van der Waals surface area contributed by atoms with E-state index in [1.54, 1.807) is 7.05 Å². The molecular weight excluding hydrogens is 196 g/mol. The highest BCUT2D eigenvalue weighted by atomic mass is 32.2. The first-order valence-electron chi connectivity index (χ1n) is 5.11. The van der Waals surface area contributed by atoms with Crippen molar-refractivity contribution in [1.29, 1.82) is 0 Å². The first kappa shape index (κ1) is 11.7. The molecule has 0 aromatic carbocycles. The maximum Gasteiger partial charge on any atom is 0.208 e. The number of thioether (sulfide) groups is 1. The fourth-order valence-corrected chi connectivity index (χ4v) is 2.89. The van der Waals surface area contributed by atoms with Crippen LogP contribution in [0.1, 0.15) is 19.8 Å². The van der Waals surface area contributed by atoms with E-state index in [2.05, 4.69) is 22.2 Å². The average Bonchev–Trinajstić information content (AvgIpc) is 2.21. The van der Waals surface area contributed by atoms with E-state index >= 15 is 0 Å². The summed E-state index contributed by atoms with van der Waals surface area (Å²) in [4.78, 5) is 6.35. The molecule has 0 aliphatic carbocycles. The Balaban J connectivity index is 2.46. The van der Waals surface area contributed by atoms with Gasteiger partial charge < -0.3 is 4.90 Å². The number of aliphatic imine (C=N–C) groups is 1. The van der Waals surface area contributed by atoms with E-state index in [0.717, 1.165) is 24.3 Å². The van der Waals surface area contributed by atoms with Gasteiger partial charge in [0.2, 0.25) is 5.96 Å². The normalized spacial score (nSPS) is 23.8. The summed E-state index contributed by atoms with van der Waals surface area (Å²) in [6, 6.07) is 0. The number of likely N-dealkylation sites (tertiary alicyclic amines) is 1. The molecule has 1 heterocycles. The van der Waals surface area contributed by atoms with Crippen molar-refractivity contribution in [3.63, 3.8) is 0 Å². The molecule has 14 heavy (non-hydrogen) atoms.